The lowest BCUT2D eigenvalue weighted by Crippen LogP contribution is -2.27. The van der Waals surface area contributed by atoms with Gasteiger partial charge in [-0.2, -0.15) is 0 Å². The van der Waals surface area contributed by atoms with Gasteiger partial charge in [0.25, 0.3) is 0 Å². The van der Waals surface area contributed by atoms with E-state index in [0.717, 1.165) is 0 Å². The van der Waals surface area contributed by atoms with Crippen LogP contribution in [0.25, 0.3) is 0 Å². The molecule has 1 fully saturated rings. The molecule has 1 aliphatic rings. The molecule has 1 nitrogen and oxygen atoms in total. The van der Waals surface area contributed by atoms with Crippen molar-refractivity contribution in [1.82, 2.24) is 5.32 Å². The summed E-state index contributed by atoms with van der Waals surface area (Å²) < 4.78 is 14.0. The maximum absolute atomic E-state index is 14.0. The van der Waals surface area contributed by atoms with Gasteiger partial charge in [-0.1, -0.05) is 43.0 Å². The van der Waals surface area contributed by atoms with Crippen LogP contribution in [0.2, 0.25) is 5.02 Å². The zero-order chi connectivity index (χ0) is 12.3. The summed E-state index contributed by atoms with van der Waals surface area (Å²) in [4.78, 5) is 0. The van der Waals surface area contributed by atoms with Gasteiger partial charge in [-0.05, 0) is 31.9 Å². The van der Waals surface area contributed by atoms with E-state index >= 15 is 0 Å². The second-order valence-electron chi connectivity index (χ2n) is 4.81. The van der Waals surface area contributed by atoms with Gasteiger partial charge in [0.2, 0.25) is 0 Å². The lowest BCUT2D eigenvalue weighted by molar-refractivity contribution is 0.277. The average molecular weight is 256 g/mol. The van der Waals surface area contributed by atoms with Crippen LogP contribution in [0.4, 0.5) is 4.39 Å². The SMILES string of the molecule is CNC(c1cccc(Cl)c1F)C1CCCCC1. The first-order valence-electron chi connectivity index (χ1n) is 6.35. The van der Waals surface area contributed by atoms with E-state index in [1.54, 1.807) is 6.07 Å². The van der Waals surface area contributed by atoms with Crippen molar-refractivity contribution in [1.29, 1.82) is 0 Å². The van der Waals surface area contributed by atoms with Gasteiger partial charge in [0, 0.05) is 11.6 Å². The third kappa shape index (κ3) is 2.80. The predicted molar refractivity (Wildman–Crippen MR) is 69.8 cm³/mol. The van der Waals surface area contributed by atoms with Gasteiger partial charge < -0.3 is 5.32 Å². The van der Waals surface area contributed by atoms with Crippen molar-refractivity contribution in [2.45, 2.75) is 38.1 Å². The molecule has 1 aromatic rings. The van der Waals surface area contributed by atoms with Gasteiger partial charge in [0.15, 0.2) is 0 Å². The first kappa shape index (κ1) is 12.8. The molecule has 1 aliphatic carbocycles. The topological polar surface area (TPSA) is 12.0 Å². The number of rotatable bonds is 3. The van der Waals surface area contributed by atoms with Crippen LogP contribution in [-0.2, 0) is 0 Å². The smallest absolute Gasteiger partial charge is 0.146 e. The average Bonchev–Trinajstić information content (AvgIpc) is 2.37. The van der Waals surface area contributed by atoms with Crippen molar-refractivity contribution in [2.24, 2.45) is 5.92 Å². The van der Waals surface area contributed by atoms with Gasteiger partial charge in [-0.25, -0.2) is 4.39 Å². The summed E-state index contributed by atoms with van der Waals surface area (Å²) >= 11 is 5.85. The first-order chi connectivity index (χ1) is 8.24. The zero-order valence-corrected chi connectivity index (χ0v) is 10.9. The molecule has 1 N–H and O–H groups in total. The third-order valence-electron chi connectivity index (χ3n) is 3.75. The highest BCUT2D eigenvalue weighted by atomic mass is 35.5. The molecule has 0 aliphatic heterocycles. The molecule has 0 amide bonds. The molecule has 0 heterocycles. The molecule has 3 heteroatoms. The third-order valence-corrected chi connectivity index (χ3v) is 4.04. The molecule has 1 atom stereocenters. The van der Waals surface area contributed by atoms with Crippen molar-refractivity contribution in [3.8, 4) is 0 Å². The predicted octanol–water partition coefficient (Wildman–Crippen LogP) is 4.32. The Bertz CT molecular complexity index is 374. The second kappa shape index (κ2) is 5.83. The number of hydrogen-bond donors (Lipinski definition) is 1. The maximum atomic E-state index is 14.0. The molecule has 0 radical (unpaired) electrons. The van der Waals surface area contributed by atoms with E-state index in [0.29, 0.717) is 11.5 Å². The van der Waals surface area contributed by atoms with Crippen LogP contribution < -0.4 is 5.32 Å². The van der Waals surface area contributed by atoms with E-state index in [4.69, 9.17) is 11.6 Å². The minimum Gasteiger partial charge on any atom is -0.313 e. The van der Waals surface area contributed by atoms with Crippen LogP contribution in [0, 0.1) is 11.7 Å². The van der Waals surface area contributed by atoms with E-state index < -0.39 is 0 Å². The standard InChI is InChI=1S/C14H19ClFN/c1-17-14(10-6-3-2-4-7-10)11-8-5-9-12(15)13(11)16/h5,8-10,14,17H,2-4,6-7H2,1H3. The largest absolute Gasteiger partial charge is 0.313 e. The number of nitrogens with one attached hydrogen (secondary N) is 1. The number of halogens is 2. The van der Waals surface area contributed by atoms with Crippen LogP contribution in [0.1, 0.15) is 43.7 Å². The summed E-state index contributed by atoms with van der Waals surface area (Å²) in [7, 11) is 1.90. The Hall–Kier alpha value is -0.600. The van der Waals surface area contributed by atoms with Crippen molar-refractivity contribution in [3.05, 3.63) is 34.6 Å². The summed E-state index contributed by atoms with van der Waals surface area (Å²) in [5.41, 5.74) is 0.715. The van der Waals surface area contributed by atoms with Gasteiger partial charge in [0.05, 0.1) is 5.02 Å². The van der Waals surface area contributed by atoms with Crippen molar-refractivity contribution in [2.75, 3.05) is 7.05 Å². The number of benzene rings is 1. The Morgan fingerprint density at radius 2 is 2.00 bits per heavy atom. The zero-order valence-electron chi connectivity index (χ0n) is 10.2. The van der Waals surface area contributed by atoms with E-state index in [2.05, 4.69) is 5.32 Å². The Kier molecular flexibility index (Phi) is 4.41. The van der Waals surface area contributed by atoms with E-state index in [-0.39, 0.29) is 16.9 Å². The Labute approximate surface area is 107 Å². The highest BCUT2D eigenvalue weighted by Gasteiger charge is 2.26. The van der Waals surface area contributed by atoms with Crippen molar-refractivity contribution < 1.29 is 4.39 Å². The quantitative estimate of drug-likeness (QED) is 0.848. The molecule has 1 saturated carbocycles. The summed E-state index contributed by atoms with van der Waals surface area (Å²) in [5, 5.41) is 3.48. The molecule has 1 aromatic carbocycles. The lowest BCUT2D eigenvalue weighted by atomic mass is 9.81. The first-order valence-corrected chi connectivity index (χ1v) is 6.73. The molecule has 0 spiro atoms. The van der Waals surface area contributed by atoms with Gasteiger partial charge in [-0.3, -0.25) is 0 Å². The minimum absolute atomic E-state index is 0.0917. The summed E-state index contributed by atoms with van der Waals surface area (Å²) in [5.74, 6) is 0.265. The van der Waals surface area contributed by atoms with Crippen molar-refractivity contribution >= 4 is 11.6 Å². The maximum Gasteiger partial charge on any atom is 0.146 e. The van der Waals surface area contributed by atoms with Crippen LogP contribution >= 0.6 is 11.6 Å². The normalized spacial score (nSPS) is 19.2. The Balaban J connectivity index is 2.24. The summed E-state index contributed by atoms with van der Waals surface area (Å²) in [6.07, 6.45) is 6.18. The van der Waals surface area contributed by atoms with Gasteiger partial charge in [-0.15, -0.1) is 0 Å². The summed E-state index contributed by atoms with van der Waals surface area (Å²) in [6.45, 7) is 0. The number of hydrogen-bond acceptors (Lipinski definition) is 1. The molecule has 0 aromatic heterocycles. The van der Waals surface area contributed by atoms with Crippen LogP contribution in [0.5, 0.6) is 0 Å². The monoisotopic (exact) mass is 255 g/mol. The van der Waals surface area contributed by atoms with Crippen molar-refractivity contribution in [3.63, 3.8) is 0 Å². The van der Waals surface area contributed by atoms with E-state index in [1.165, 1.54) is 32.1 Å². The fraction of sp³-hybridized carbons (Fsp3) is 0.571. The molecular weight excluding hydrogens is 237 g/mol. The summed E-state index contributed by atoms with van der Waals surface area (Å²) in [6, 6.07) is 5.37. The molecular formula is C14H19ClFN. The van der Waals surface area contributed by atoms with E-state index in [9.17, 15) is 4.39 Å². The molecule has 0 bridgehead atoms. The molecule has 94 valence electrons. The van der Waals surface area contributed by atoms with Crippen LogP contribution in [0.15, 0.2) is 18.2 Å². The molecule has 0 saturated heterocycles. The Morgan fingerprint density at radius 3 is 2.65 bits per heavy atom. The molecule has 2 rings (SSSR count). The highest BCUT2D eigenvalue weighted by molar-refractivity contribution is 6.30. The van der Waals surface area contributed by atoms with Crippen LogP contribution in [0.3, 0.4) is 0 Å². The fourth-order valence-corrected chi connectivity index (χ4v) is 3.06. The molecule has 17 heavy (non-hydrogen) atoms. The highest BCUT2D eigenvalue weighted by Crippen LogP contribution is 2.36. The van der Waals surface area contributed by atoms with Gasteiger partial charge in [0.1, 0.15) is 5.82 Å². The fourth-order valence-electron chi connectivity index (χ4n) is 2.87. The minimum atomic E-state index is -0.265. The Morgan fingerprint density at radius 1 is 1.29 bits per heavy atom. The molecule has 1 unspecified atom stereocenters. The second-order valence-corrected chi connectivity index (χ2v) is 5.21. The van der Waals surface area contributed by atoms with E-state index in [1.807, 2.05) is 19.2 Å². The van der Waals surface area contributed by atoms with Gasteiger partial charge >= 0.3 is 0 Å². The van der Waals surface area contributed by atoms with Crippen LogP contribution in [-0.4, -0.2) is 7.05 Å². The lowest BCUT2D eigenvalue weighted by Gasteiger charge is -2.30.